The van der Waals surface area contributed by atoms with Crippen LogP contribution in [-0.4, -0.2) is 38.7 Å². The molecule has 120 valence electrons. The number of carbonyl (C=O) groups is 2. The Hall–Kier alpha value is -1.72. The van der Waals surface area contributed by atoms with Crippen LogP contribution in [0.5, 0.6) is 0 Å². The molecule has 0 spiro atoms. The van der Waals surface area contributed by atoms with Gasteiger partial charge in [-0.1, -0.05) is 12.2 Å². The van der Waals surface area contributed by atoms with Crippen molar-refractivity contribution in [1.29, 1.82) is 0 Å². The zero-order valence-corrected chi connectivity index (χ0v) is 12.6. The van der Waals surface area contributed by atoms with Gasteiger partial charge < -0.3 is 18.9 Å². The van der Waals surface area contributed by atoms with E-state index in [2.05, 4.69) is 21.6 Å². The first kappa shape index (κ1) is 13.9. The Morgan fingerprint density at radius 2 is 1.27 bits per heavy atom. The summed E-state index contributed by atoms with van der Waals surface area (Å²) in [6.07, 6.45) is 4.44. The molecule has 4 aliphatic rings. The summed E-state index contributed by atoms with van der Waals surface area (Å²) in [5, 5.41) is 0. The highest BCUT2D eigenvalue weighted by Gasteiger charge is 2.67. The quantitative estimate of drug-likeness (QED) is 0.443. The summed E-state index contributed by atoms with van der Waals surface area (Å²) < 4.78 is 20.2. The first-order chi connectivity index (χ1) is 10.6. The number of methoxy groups -OCH3 is 2. The first-order valence-electron chi connectivity index (χ1n) is 7.81. The Labute approximate surface area is 128 Å². The molecule has 0 aromatic carbocycles. The molecule has 6 nitrogen and oxygen atoms in total. The molecular weight excluding hydrogens is 288 g/mol. The zero-order chi connectivity index (χ0) is 15.4. The molecule has 0 N–H and O–H groups in total. The van der Waals surface area contributed by atoms with E-state index in [-0.39, 0.29) is 11.8 Å². The van der Waals surface area contributed by atoms with Crippen LogP contribution in [-0.2, 0) is 18.9 Å². The van der Waals surface area contributed by atoms with Gasteiger partial charge in [0.25, 0.3) is 0 Å². The van der Waals surface area contributed by atoms with E-state index in [1.807, 2.05) is 0 Å². The van der Waals surface area contributed by atoms with Crippen molar-refractivity contribution >= 4 is 12.3 Å². The topological polar surface area (TPSA) is 71.1 Å². The second-order valence-electron chi connectivity index (χ2n) is 6.74. The standard InChI is InChI=1S/C16H20O6/c1-19-15(17)21-13-9-6-10(14(13)22-16(18)20-2)12-8-4-3-7(5-8)11(9)12/h3-4,7-14H,5-6H2,1-2H3. The summed E-state index contributed by atoms with van der Waals surface area (Å²) in [6, 6.07) is 0. The fourth-order valence-electron chi connectivity index (χ4n) is 5.55. The molecule has 4 bridgehead atoms. The lowest BCUT2D eigenvalue weighted by atomic mass is 9.71. The van der Waals surface area contributed by atoms with Crippen molar-refractivity contribution in [3.63, 3.8) is 0 Å². The lowest BCUT2D eigenvalue weighted by molar-refractivity contribution is -0.0953. The zero-order valence-electron chi connectivity index (χ0n) is 12.6. The van der Waals surface area contributed by atoms with E-state index in [0.29, 0.717) is 23.7 Å². The molecule has 3 saturated carbocycles. The van der Waals surface area contributed by atoms with Gasteiger partial charge in [-0.25, -0.2) is 9.59 Å². The van der Waals surface area contributed by atoms with Crippen molar-refractivity contribution in [2.45, 2.75) is 25.0 Å². The fourth-order valence-corrected chi connectivity index (χ4v) is 5.55. The molecule has 0 saturated heterocycles. The predicted octanol–water partition coefficient (Wildman–Crippen LogP) is 2.38. The molecule has 8 unspecified atom stereocenters. The van der Waals surface area contributed by atoms with Crippen LogP contribution in [0.3, 0.4) is 0 Å². The second kappa shape index (κ2) is 4.89. The molecular formula is C16H20O6. The maximum atomic E-state index is 11.6. The number of rotatable bonds is 2. The molecule has 8 atom stereocenters. The van der Waals surface area contributed by atoms with Gasteiger partial charge in [-0.05, 0) is 36.5 Å². The Balaban J connectivity index is 1.60. The Morgan fingerprint density at radius 1 is 0.818 bits per heavy atom. The summed E-state index contributed by atoms with van der Waals surface area (Å²) in [5.41, 5.74) is 0. The van der Waals surface area contributed by atoms with Crippen LogP contribution in [0.1, 0.15) is 12.8 Å². The van der Waals surface area contributed by atoms with Crippen molar-refractivity contribution in [2.75, 3.05) is 14.2 Å². The number of hydrogen-bond acceptors (Lipinski definition) is 6. The fraction of sp³-hybridized carbons (Fsp3) is 0.750. The molecule has 0 aromatic heterocycles. The van der Waals surface area contributed by atoms with E-state index in [1.165, 1.54) is 20.6 Å². The minimum atomic E-state index is -0.716. The van der Waals surface area contributed by atoms with Crippen molar-refractivity contribution < 1.29 is 28.5 Å². The van der Waals surface area contributed by atoms with Crippen molar-refractivity contribution in [1.82, 2.24) is 0 Å². The van der Waals surface area contributed by atoms with Gasteiger partial charge in [0, 0.05) is 11.8 Å². The molecule has 6 heteroatoms. The summed E-state index contributed by atoms with van der Waals surface area (Å²) >= 11 is 0. The van der Waals surface area contributed by atoms with E-state index in [1.54, 1.807) is 0 Å². The van der Waals surface area contributed by atoms with Crippen LogP contribution in [0, 0.1) is 35.5 Å². The number of hydrogen-bond donors (Lipinski definition) is 0. The molecule has 22 heavy (non-hydrogen) atoms. The smallest absolute Gasteiger partial charge is 0.438 e. The largest absolute Gasteiger partial charge is 0.508 e. The van der Waals surface area contributed by atoms with Gasteiger partial charge in [-0.15, -0.1) is 0 Å². The SMILES string of the molecule is COC(=O)OC1C2CC(C1OC(=O)OC)C1C3C=CC(C3)C21. The van der Waals surface area contributed by atoms with Crippen molar-refractivity contribution in [2.24, 2.45) is 35.5 Å². The number of fused-ring (bicyclic) bond motifs is 9. The van der Waals surface area contributed by atoms with Gasteiger partial charge >= 0.3 is 12.3 Å². The van der Waals surface area contributed by atoms with Crippen molar-refractivity contribution in [3.05, 3.63) is 12.2 Å². The average Bonchev–Trinajstić information content (AvgIpc) is 3.25. The maximum Gasteiger partial charge on any atom is 0.508 e. The minimum absolute atomic E-state index is 0.240. The Kier molecular flexibility index (Phi) is 3.09. The highest BCUT2D eigenvalue weighted by Crippen LogP contribution is 2.66. The summed E-state index contributed by atoms with van der Waals surface area (Å²) in [5.74, 6) is 2.70. The van der Waals surface area contributed by atoms with E-state index in [9.17, 15) is 9.59 Å². The monoisotopic (exact) mass is 308 g/mol. The van der Waals surface area contributed by atoms with Crippen LogP contribution < -0.4 is 0 Å². The van der Waals surface area contributed by atoms with Crippen molar-refractivity contribution in [3.8, 4) is 0 Å². The first-order valence-corrected chi connectivity index (χ1v) is 7.81. The molecule has 0 aliphatic heterocycles. The third kappa shape index (κ3) is 1.79. The highest BCUT2D eigenvalue weighted by molar-refractivity contribution is 5.61. The van der Waals surface area contributed by atoms with Gasteiger partial charge in [0.05, 0.1) is 14.2 Å². The number of ether oxygens (including phenoxy) is 4. The van der Waals surface area contributed by atoms with Crippen LogP contribution in [0.25, 0.3) is 0 Å². The number of allylic oxidation sites excluding steroid dienone is 2. The minimum Gasteiger partial charge on any atom is -0.438 e. The molecule has 4 rings (SSSR count). The van der Waals surface area contributed by atoms with Crippen LogP contribution in [0.2, 0.25) is 0 Å². The van der Waals surface area contributed by atoms with Gasteiger partial charge in [0.2, 0.25) is 0 Å². The Morgan fingerprint density at radius 3 is 1.68 bits per heavy atom. The third-order valence-electron chi connectivity index (χ3n) is 6.08. The van der Waals surface area contributed by atoms with Crippen LogP contribution >= 0.6 is 0 Å². The van der Waals surface area contributed by atoms with Gasteiger partial charge in [-0.2, -0.15) is 0 Å². The van der Waals surface area contributed by atoms with E-state index in [4.69, 9.17) is 9.47 Å². The van der Waals surface area contributed by atoms with Gasteiger partial charge in [0.1, 0.15) is 12.2 Å². The van der Waals surface area contributed by atoms with Crippen LogP contribution in [0.4, 0.5) is 9.59 Å². The molecule has 0 amide bonds. The van der Waals surface area contributed by atoms with E-state index < -0.39 is 24.5 Å². The molecule has 3 fully saturated rings. The molecule has 0 radical (unpaired) electrons. The van der Waals surface area contributed by atoms with E-state index >= 15 is 0 Å². The second-order valence-corrected chi connectivity index (χ2v) is 6.74. The Bertz CT molecular complexity index is 485. The molecule has 0 heterocycles. The van der Waals surface area contributed by atoms with Gasteiger partial charge in [-0.3, -0.25) is 0 Å². The van der Waals surface area contributed by atoms with Gasteiger partial charge in [0.15, 0.2) is 0 Å². The third-order valence-corrected chi connectivity index (χ3v) is 6.08. The average molecular weight is 308 g/mol. The lowest BCUT2D eigenvalue weighted by Gasteiger charge is -2.40. The normalized spacial score (nSPS) is 46.5. The van der Waals surface area contributed by atoms with Crippen LogP contribution in [0.15, 0.2) is 12.2 Å². The molecule has 0 aromatic rings. The summed E-state index contributed by atoms with van der Waals surface area (Å²) in [7, 11) is 2.57. The number of carbonyl (C=O) groups excluding carboxylic acids is 2. The molecule has 4 aliphatic carbocycles. The predicted molar refractivity (Wildman–Crippen MR) is 73.9 cm³/mol. The lowest BCUT2D eigenvalue weighted by Crippen LogP contribution is -2.47. The summed E-state index contributed by atoms with van der Waals surface area (Å²) in [4.78, 5) is 23.1. The summed E-state index contributed by atoms with van der Waals surface area (Å²) in [6.45, 7) is 0. The van der Waals surface area contributed by atoms with E-state index in [0.717, 1.165) is 6.42 Å². The maximum absolute atomic E-state index is 11.6. The highest BCUT2D eigenvalue weighted by atomic mass is 16.8.